The van der Waals surface area contributed by atoms with Gasteiger partial charge in [0.25, 0.3) is 5.91 Å². The van der Waals surface area contributed by atoms with Gasteiger partial charge in [0.2, 0.25) is 0 Å². The van der Waals surface area contributed by atoms with Crippen LogP contribution in [0.4, 0.5) is 10.1 Å². The first kappa shape index (κ1) is 17.4. The van der Waals surface area contributed by atoms with Crippen LogP contribution in [0.3, 0.4) is 0 Å². The molecule has 1 aromatic heterocycles. The van der Waals surface area contributed by atoms with Gasteiger partial charge < -0.3 is 4.74 Å². The number of carbonyl (C=O) groups is 2. The molecular weight excluding hydrogens is 365 g/mol. The van der Waals surface area contributed by atoms with Gasteiger partial charge in [0.05, 0.1) is 29.0 Å². The van der Waals surface area contributed by atoms with E-state index in [1.165, 1.54) is 41.5 Å². The first-order chi connectivity index (χ1) is 11.9. The lowest BCUT2D eigenvalue weighted by Crippen LogP contribution is -2.24. The molecule has 2 aromatic rings. The van der Waals surface area contributed by atoms with E-state index in [2.05, 4.69) is 0 Å². The summed E-state index contributed by atoms with van der Waals surface area (Å²) >= 11 is 7.28. The summed E-state index contributed by atoms with van der Waals surface area (Å²) < 4.78 is 18.3. The Bertz CT molecular complexity index is 918. The molecule has 0 saturated heterocycles. The van der Waals surface area contributed by atoms with Crippen LogP contribution in [-0.2, 0) is 14.3 Å². The number of amides is 1. The third-order valence-corrected chi connectivity index (χ3v) is 4.89. The quantitative estimate of drug-likeness (QED) is 0.587. The maximum atomic E-state index is 13.4. The molecule has 1 aliphatic rings. The lowest BCUT2D eigenvalue weighted by molar-refractivity contribution is -0.136. The summed E-state index contributed by atoms with van der Waals surface area (Å²) in [6.07, 6.45) is 1.65. The average Bonchev–Trinajstić information content (AvgIpc) is 3.17. The molecule has 0 fully saturated rings. The number of carbonyl (C=O) groups excluding carboxylic acids is 2. The minimum atomic E-state index is -0.607. The first-order valence-electron chi connectivity index (χ1n) is 7.28. The van der Waals surface area contributed by atoms with E-state index in [0.717, 1.165) is 4.88 Å². The Hall–Kier alpha value is -2.44. The summed E-state index contributed by atoms with van der Waals surface area (Å²) in [6.45, 7) is 1.64. The zero-order valence-corrected chi connectivity index (χ0v) is 15.0. The Morgan fingerprint density at radius 3 is 2.72 bits per heavy atom. The van der Waals surface area contributed by atoms with Gasteiger partial charge in [-0.2, -0.15) is 0 Å². The van der Waals surface area contributed by atoms with Crippen molar-refractivity contribution >= 4 is 46.6 Å². The van der Waals surface area contributed by atoms with E-state index in [9.17, 15) is 14.0 Å². The van der Waals surface area contributed by atoms with E-state index in [1.54, 1.807) is 13.0 Å². The van der Waals surface area contributed by atoms with Crippen LogP contribution in [-0.4, -0.2) is 19.0 Å². The topological polar surface area (TPSA) is 46.6 Å². The van der Waals surface area contributed by atoms with Gasteiger partial charge in [-0.1, -0.05) is 17.7 Å². The summed E-state index contributed by atoms with van der Waals surface area (Å²) in [5, 5.41) is 1.77. The van der Waals surface area contributed by atoms with Crippen LogP contribution in [0.2, 0.25) is 5.02 Å². The third-order valence-electron chi connectivity index (χ3n) is 3.78. The van der Waals surface area contributed by atoms with Crippen molar-refractivity contribution in [1.29, 1.82) is 0 Å². The molecule has 0 unspecified atom stereocenters. The highest BCUT2D eigenvalue weighted by molar-refractivity contribution is 7.10. The van der Waals surface area contributed by atoms with Gasteiger partial charge in [-0.15, -0.1) is 11.3 Å². The molecule has 0 bridgehead atoms. The Labute approximate surface area is 152 Å². The summed E-state index contributed by atoms with van der Waals surface area (Å²) in [6, 6.07) is 7.65. The lowest BCUT2D eigenvalue weighted by atomic mass is 10.1. The highest BCUT2D eigenvalue weighted by atomic mass is 35.5. The minimum absolute atomic E-state index is 0.103. The Morgan fingerprint density at radius 2 is 2.12 bits per heavy atom. The molecule has 0 radical (unpaired) electrons. The molecule has 7 heteroatoms. The van der Waals surface area contributed by atoms with Crippen LogP contribution >= 0.6 is 22.9 Å². The van der Waals surface area contributed by atoms with Crippen molar-refractivity contribution in [3.63, 3.8) is 0 Å². The van der Waals surface area contributed by atoms with Gasteiger partial charge in [-0.05, 0) is 42.6 Å². The van der Waals surface area contributed by atoms with Crippen molar-refractivity contribution < 1.29 is 18.7 Å². The van der Waals surface area contributed by atoms with Gasteiger partial charge in [-0.25, -0.2) is 9.18 Å². The number of hydrogen-bond acceptors (Lipinski definition) is 4. The first-order valence-corrected chi connectivity index (χ1v) is 8.54. The minimum Gasteiger partial charge on any atom is -0.465 e. The van der Waals surface area contributed by atoms with Crippen molar-refractivity contribution in [1.82, 2.24) is 0 Å². The molecule has 0 atom stereocenters. The molecule has 0 spiro atoms. The highest BCUT2D eigenvalue weighted by Gasteiger charge is 2.38. The fourth-order valence-corrected chi connectivity index (χ4v) is 3.46. The molecule has 0 aliphatic carbocycles. The highest BCUT2D eigenvalue weighted by Crippen LogP contribution is 2.37. The van der Waals surface area contributed by atoms with Gasteiger partial charge in [0.15, 0.2) is 0 Å². The summed E-state index contributed by atoms with van der Waals surface area (Å²) in [4.78, 5) is 27.3. The fraction of sp³-hybridized carbons (Fsp3) is 0.111. The molecule has 0 saturated carbocycles. The number of halogens is 2. The van der Waals surface area contributed by atoms with Crippen LogP contribution in [0.15, 0.2) is 52.6 Å². The van der Waals surface area contributed by atoms with E-state index in [-0.39, 0.29) is 16.2 Å². The number of nitrogens with zero attached hydrogens (tertiary/aromatic N) is 1. The van der Waals surface area contributed by atoms with Crippen molar-refractivity contribution in [2.24, 2.45) is 0 Å². The Balaban J connectivity index is 2.15. The third kappa shape index (κ3) is 3.10. The maximum Gasteiger partial charge on any atom is 0.340 e. The number of ether oxygens (including phenoxy) is 1. The standard InChI is InChI=1S/C18H13ClFNO3S/c1-10-16(18(23)24-2)13(9-12-4-3-7-25-12)17(22)21(10)11-5-6-15(20)14(19)8-11/h3-9H,1-2H3/b13-9-. The number of hydrogen-bond donors (Lipinski definition) is 0. The largest absolute Gasteiger partial charge is 0.465 e. The average molecular weight is 378 g/mol. The summed E-state index contributed by atoms with van der Waals surface area (Å²) in [5.74, 6) is -1.58. The molecule has 2 heterocycles. The van der Waals surface area contributed by atoms with Gasteiger partial charge in [0, 0.05) is 10.6 Å². The normalized spacial score (nSPS) is 16.1. The van der Waals surface area contributed by atoms with E-state index in [1.807, 2.05) is 17.5 Å². The van der Waals surface area contributed by atoms with E-state index < -0.39 is 17.7 Å². The zero-order valence-electron chi connectivity index (χ0n) is 13.4. The number of esters is 1. The number of rotatable bonds is 3. The molecule has 25 heavy (non-hydrogen) atoms. The molecular formula is C18H13ClFNO3S. The van der Waals surface area contributed by atoms with Gasteiger partial charge in [0.1, 0.15) is 5.82 Å². The zero-order chi connectivity index (χ0) is 18.1. The molecule has 128 valence electrons. The van der Waals surface area contributed by atoms with Crippen LogP contribution in [0.5, 0.6) is 0 Å². The SMILES string of the molecule is COC(=O)C1=C(C)N(c2ccc(F)c(Cl)c2)C(=O)/C1=C\c1cccs1. The van der Waals surface area contributed by atoms with Gasteiger partial charge >= 0.3 is 5.97 Å². The maximum absolute atomic E-state index is 13.4. The molecule has 4 nitrogen and oxygen atoms in total. The Kier molecular flexibility index (Phi) is 4.74. The number of thiophene rings is 1. The number of methoxy groups -OCH3 is 1. The van der Waals surface area contributed by atoms with Crippen LogP contribution in [0, 0.1) is 5.82 Å². The summed E-state index contributed by atoms with van der Waals surface area (Å²) in [5.41, 5.74) is 1.20. The van der Waals surface area contributed by atoms with Crippen molar-refractivity contribution in [2.45, 2.75) is 6.92 Å². The predicted molar refractivity (Wildman–Crippen MR) is 95.9 cm³/mol. The second kappa shape index (κ2) is 6.82. The second-order valence-corrected chi connectivity index (χ2v) is 6.65. The van der Waals surface area contributed by atoms with Crippen molar-refractivity contribution in [3.8, 4) is 0 Å². The monoisotopic (exact) mass is 377 g/mol. The predicted octanol–water partition coefficient (Wildman–Crippen LogP) is 4.42. The Morgan fingerprint density at radius 1 is 1.36 bits per heavy atom. The molecule has 3 rings (SSSR count). The van der Waals surface area contributed by atoms with Crippen molar-refractivity contribution in [3.05, 3.63) is 68.3 Å². The molecule has 1 amide bonds. The molecule has 1 aromatic carbocycles. The van der Waals surface area contributed by atoms with Crippen LogP contribution in [0.25, 0.3) is 6.08 Å². The number of anilines is 1. The van der Waals surface area contributed by atoms with E-state index in [4.69, 9.17) is 16.3 Å². The van der Waals surface area contributed by atoms with Gasteiger partial charge in [-0.3, -0.25) is 9.69 Å². The van der Waals surface area contributed by atoms with Crippen molar-refractivity contribution in [2.75, 3.05) is 12.0 Å². The second-order valence-electron chi connectivity index (χ2n) is 5.26. The van der Waals surface area contributed by atoms with Crippen LogP contribution in [0.1, 0.15) is 11.8 Å². The van der Waals surface area contributed by atoms with E-state index >= 15 is 0 Å². The fourth-order valence-electron chi connectivity index (χ4n) is 2.63. The van der Waals surface area contributed by atoms with E-state index in [0.29, 0.717) is 11.4 Å². The lowest BCUT2D eigenvalue weighted by Gasteiger charge is -2.18. The van der Waals surface area contributed by atoms with Crippen LogP contribution < -0.4 is 4.90 Å². The summed E-state index contributed by atoms with van der Waals surface area (Å²) in [7, 11) is 1.26. The molecule has 1 aliphatic heterocycles. The number of allylic oxidation sites excluding steroid dienone is 1. The molecule has 0 N–H and O–H groups in total. The number of benzene rings is 1. The smallest absolute Gasteiger partial charge is 0.340 e.